The fourth-order valence-electron chi connectivity index (χ4n) is 2.16. The lowest BCUT2D eigenvalue weighted by Crippen LogP contribution is -2.20. The monoisotopic (exact) mass is 388 g/mol. The van der Waals surface area contributed by atoms with E-state index in [0.29, 0.717) is 16.3 Å². The van der Waals surface area contributed by atoms with Crippen LogP contribution in [0.5, 0.6) is 0 Å². The van der Waals surface area contributed by atoms with Crippen molar-refractivity contribution in [3.8, 4) is 0 Å². The molecule has 0 bridgehead atoms. The van der Waals surface area contributed by atoms with Gasteiger partial charge in [-0.25, -0.2) is 5.43 Å². The Morgan fingerprint density at radius 2 is 1.93 bits per heavy atom. The second-order valence-corrected chi connectivity index (χ2v) is 6.09. The number of hydrogen-bond donors (Lipinski definition) is 2. The third-order valence-corrected chi connectivity index (χ3v) is 3.76. The molecule has 0 unspecified atom stereocenters. The number of nitro groups is 1. The zero-order valence-corrected chi connectivity index (χ0v) is 15.2. The lowest BCUT2D eigenvalue weighted by Gasteiger charge is -2.08. The lowest BCUT2D eigenvalue weighted by atomic mass is 10.2. The minimum atomic E-state index is -0.517. The van der Waals surface area contributed by atoms with Crippen molar-refractivity contribution in [3.05, 3.63) is 68.7 Å². The number of carbonyl (C=O) groups is 2. The largest absolute Gasteiger partial charge is 0.326 e. The number of non-ortho nitro benzene ring substituents is 1. The van der Waals surface area contributed by atoms with Gasteiger partial charge in [-0.15, -0.1) is 0 Å². The van der Waals surface area contributed by atoms with E-state index in [1.807, 2.05) is 6.92 Å². The topological polar surface area (TPSA) is 114 Å². The zero-order valence-electron chi connectivity index (χ0n) is 14.4. The van der Waals surface area contributed by atoms with Gasteiger partial charge in [-0.2, -0.15) is 5.10 Å². The Morgan fingerprint density at radius 1 is 1.19 bits per heavy atom. The molecule has 2 aromatic carbocycles. The van der Waals surface area contributed by atoms with Gasteiger partial charge in [0.15, 0.2) is 0 Å². The number of hydrazone groups is 1. The minimum Gasteiger partial charge on any atom is -0.326 e. The quantitative estimate of drug-likeness (QED) is 0.429. The van der Waals surface area contributed by atoms with Crippen molar-refractivity contribution in [2.45, 2.75) is 19.8 Å². The summed E-state index contributed by atoms with van der Waals surface area (Å²) in [7, 11) is 0. The first-order valence-corrected chi connectivity index (χ1v) is 8.35. The van der Waals surface area contributed by atoms with E-state index in [0.717, 1.165) is 5.56 Å². The van der Waals surface area contributed by atoms with Crippen LogP contribution in [0.2, 0.25) is 5.02 Å². The molecule has 2 rings (SSSR count). The molecule has 0 radical (unpaired) electrons. The maximum atomic E-state index is 11.9. The van der Waals surface area contributed by atoms with Gasteiger partial charge in [0.05, 0.1) is 11.1 Å². The number of benzene rings is 2. The number of amides is 2. The van der Waals surface area contributed by atoms with Gasteiger partial charge < -0.3 is 5.32 Å². The maximum Gasteiger partial charge on any atom is 0.270 e. The van der Waals surface area contributed by atoms with Crippen molar-refractivity contribution >= 4 is 41.0 Å². The van der Waals surface area contributed by atoms with Crippen LogP contribution in [0, 0.1) is 17.0 Å². The number of hydrogen-bond acceptors (Lipinski definition) is 5. The summed E-state index contributed by atoms with van der Waals surface area (Å²) < 4.78 is 0. The molecule has 140 valence electrons. The molecule has 0 atom stereocenters. The number of nitrogens with one attached hydrogen (secondary N) is 2. The Balaban J connectivity index is 1.79. The Kier molecular flexibility index (Phi) is 7.01. The molecule has 8 nitrogen and oxygen atoms in total. The summed E-state index contributed by atoms with van der Waals surface area (Å²) in [6, 6.07) is 10.9. The van der Waals surface area contributed by atoms with Crippen molar-refractivity contribution in [2.75, 3.05) is 5.32 Å². The van der Waals surface area contributed by atoms with Gasteiger partial charge in [0.1, 0.15) is 0 Å². The van der Waals surface area contributed by atoms with E-state index in [-0.39, 0.29) is 24.4 Å². The second kappa shape index (κ2) is 9.44. The third kappa shape index (κ3) is 6.52. The number of rotatable bonds is 7. The molecule has 0 aromatic heterocycles. The number of nitro benzene ring substituents is 1. The second-order valence-electron chi connectivity index (χ2n) is 5.65. The molecule has 0 heterocycles. The predicted molar refractivity (Wildman–Crippen MR) is 103 cm³/mol. The Bertz CT molecular complexity index is 899. The molecule has 27 heavy (non-hydrogen) atoms. The summed E-state index contributed by atoms with van der Waals surface area (Å²) in [4.78, 5) is 33.9. The van der Waals surface area contributed by atoms with Crippen LogP contribution in [0.25, 0.3) is 0 Å². The van der Waals surface area contributed by atoms with E-state index in [9.17, 15) is 19.7 Å². The van der Waals surface area contributed by atoms with Gasteiger partial charge in [-0.3, -0.25) is 19.7 Å². The average molecular weight is 389 g/mol. The van der Waals surface area contributed by atoms with E-state index in [1.54, 1.807) is 24.3 Å². The first-order chi connectivity index (χ1) is 12.8. The lowest BCUT2D eigenvalue weighted by molar-refractivity contribution is -0.384. The number of nitrogens with zero attached hydrogens (tertiary/aromatic N) is 2. The first kappa shape index (κ1) is 20.1. The van der Waals surface area contributed by atoms with Crippen molar-refractivity contribution in [3.63, 3.8) is 0 Å². The van der Waals surface area contributed by atoms with Crippen LogP contribution in [0.4, 0.5) is 11.4 Å². The van der Waals surface area contributed by atoms with Crippen LogP contribution in [0.15, 0.2) is 47.6 Å². The van der Waals surface area contributed by atoms with Crippen molar-refractivity contribution in [1.82, 2.24) is 5.43 Å². The highest BCUT2D eigenvalue weighted by molar-refractivity contribution is 6.30. The van der Waals surface area contributed by atoms with Crippen molar-refractivity contribution in [2.24, 2.45) is 5.10 Å². The van der Waals surface area contributed by atoms with Gasteiger partial charge in [-0.05, 0) is 30.7 Å². The normalized spacial score (nSPS) is 10.6. The molecule has 2 N–H and O–H groups in total. The highest BCUT2D eigenvalue weighted by Gasteiger charge is 2.09. The van der Waals surface area contributed by atoms with Crippen LogP contribution in [0.1, 0.15) is 24.0 Å². The van der Waals surface area contributed by atoms with Crippen LogP contribution >= 0.6 is 11.6 Å². The van der Waals surface area contributed by atoms with Crippen molar-refractivity contribution in [1.29, 1.82) is 0 Å². The molecule has 0 aliphatic carbocycles. The van der Waals surface area contributed by atoms with Gasteiger partial charge >= 0.3 is 0 Å². The van der Waals surface area contributed by atoms with Crippen molar-refractivity contribution < 1.29 is 14.5 Å². The van der Waals surface area contributed by atoms with E-state index < -0.39 is 10.8 Å². The number of anilines is 1. The molecular weight excluding hydrogens is 372 g/mol. The molecule has 0 saturated carbocycles. The standard InChI is InChI=1S/C18H17ClN4O4/c1-12-9-14(19)5-6-16(12)21-17(24)7-8-18(25)22-20-11-13-3-2-4-15(10-13)23(26)27/h2-6,9-11H,7-8H2,1H3,(H,21,24)(H,22,25). The van der Waals surface area contributed by atoms with E-state index in [1.165, 1.54) is 24.4 Å². The molecule has 0 saturated heterocycles. The summed E-state index contributed by atoms with van der Waals surface area (Å²) in [5.74, 6) is -0.752. The SMILES string of the molecule is Cc1cc(Cl)ccc1NC(=O)CCC(=O)NN=Cc1cccc([N+](=O)[O-])c1. The van der Waals surface area contributed by atoms with E-state index in [4.69, 9.17) is 11.6 Å². The average Bonchev–Trinajstić information content (AvgIpc) is 2.62. The Hall–Kier alpha value is -3.26. The summed E-state index contributed by atoms with van der Waals surface area (Å²) in [5, 5.41) is 17.7. The number of halogens is 1. The van der Waals surface area contributed by atoms with Crippen LogP contribution in [-0.2, 0) is 9.59 Å². The Morgan fingerprint density at radius 3 is 2.63 bits per heavy atom. The van der Waals surface area contributed by atoms with E-state index in [2.05, 4.69) is 15.8 Å². The Labute approximate surface area is 160 Å². The van der Waals surface area contributed by atoms with E-state index >= 15 is 0 Å². The minimum absolute atomic E-state index is 0.0137. The smallest absolute Gasteiger partial charge is 0.270 e. The fraction of sp³-hybridized carbons (Fsp3) is 0.167. The number of carbonyl (C=O) groups excluding carboxylic acids is 2. The summed E-state index contributed by atoms with van der Waals surface area (Å²) >= 11 is 5.86. The molecular formula is C18H17ClN4O4. The van der Waals surface area contributed by atoms with Gasteiger partial charge in [0, 0.05) is 41.2 Å². The van der Waals surface area contributed by atoms with Crippen LogP contribution in [-0.4, -0.2) is 23.0 Å². The first-order valence-electron chi connectivity index (χ1n) is 7.97. The highest BCUT2D eigenvalue weighted by Crippen LogP contribution is 2.19. The molecule has 9 heteroatoms. The van der Waals surface area contributed by atoms with Gasteiger partial charge in [-0.1, -0.05) is 23.7 Å². The predicted octanol–water partition coefficient (Wildman–Crippen LogP) is 3.43. The summed E-state index contributed by atoms with van der Waals surface area (Å²) in [5.41, 5.74) is 4.14. The van der Waals surface area contributed by atoms with Gasteiger partial charge in [0.2, 0.25) is 11.8 Å². The molecule has 0 spiro atoms. The highest BCUT2D eigenvalue weighted by atomic mass is 35.5. The maximum absolute atomic E-state index is 11.9. The number of aryl methyl sites for hydroxylation is 1. The van der Waals surface area contributed by atoms with Crippen LogP contribution in [0.3, 0.4) is 0 Å². The van der Waals surface area contributed by atoms with Gasteiger partial charge in [0.25, 0.3) is 5.69 Å². The van der Waals surface area contributed by atoms with Crippen LogP contribution < -0.4 is 10.7 Å². The molecule has 2 aromatic rings. The summed E-state index contributed by atoms with van der Waals surface area (Å²) in [6.07, 6.45) is 1.23. The fourth-order valence-corrected chi connectivity index (χ4v) is 2.39. The molecule has 2 amide bonds. The zero-order chi connectivity index (χ0) is 19.8. The summed E-state index contributed by atoms with van der Waals surface area (Å²) in [6.45, 7) is 1.82. The molecule has 0 aliphatic rings. The molecule has 0 aliphatic heterocycles. The molecule has 0 fully saturated rings. The third-order valence-electron chi connectivity index (χ3n) is 3.53.